The first-order chi connectivity index (χ1) is 15.6. The van der Waals surface area contributed by atoms with Gasteiger partial charge >= 0.3 is 5.65 Å². The number of fused-ring (bicyclic) bond motifs is 2. The maximum absolute atomic E-state index is 4.93. The van der Waals surface area contributed by atoms with Crippen LogP contribution >= 0.6 is 27.3 Å². The molecule has 5 rings (SSSR count). The maximum Gasteiger partial charge on any atom is 0.342 e. The molecule has 1 aliphatic heterocycles. The molecule has 2 aromatic heterocycles. The number of benzene rings is 2. The second-order valence-electron chi connectivity index (χ2n) is 8.04. The van der Waals surface area contributed by atoms with Crippen LogP contribution < -0.4 is 9.47 Å². The summed E-state index contributed by atoms with van der Waals surface area (Å²) in [5, 5.41) is 1.03. The molecule has 4 aromatic rings. The van der Waals surface area contributed by atoms with Crippen LogP contribution in [-0.4, -0.2) is 4.98 Å². The Morgan fingerprint density at radius 3 is 2.64 bits per heavy atom. The molecule has 0 fully saturated rings. The molecule has 3 heterocycles. The van der Waals surface area contributed by atoms with Crippen molar-refractivity contribution in [3.05, 3.63) is 93.7 Å². The zero-order chi connectivity index (χ0) is 22.1. The van der Waals surface area contributed by atoms with E-state index in [-0.39, 0.29) is 7.43 Å². The number of thiazole rings is 1. The number of halogens is 1. The van der Waals surface area contributed by atoms with E-state index in [1.165, 1.54) is 39.3 Å². The SMILES string of the molecule is C.CCCCC1=CC(=Cc2nc3c(cc(Br)c[n+]3C)s2)c2ccccc2N1c1ccccc1. The van der Waals surface area contributed by atoms with Gasteiger partial charge < -0.3 is 4.90 Å². The highest BCUT2D eigenvalue weighted by molar-refractivity contribution is 9.10. The highest BCUT2D eigenvalue weighted by atomic mass is 79.9. The Morgan fingerprint density at radius 1 is 1.09 bits per heavy atom. The van der Waals surface area contributed by atoms with E-state index < -0.39 is 0 Å². The molecule has 2 aromatic carbocycles. The Labute approximate surface area is 208 Å². The van der Waals surface area contributed by atoms with Gasteiger partial charge in [0.05, 0.1) is 17.2 Å². The van der Waals surface area contributed by atoms with Gasteiger partial charge in [-0.05, 0) is 69.7 Å². The van der Waals surface area contributed by atoms with Crippen molar-refractivity contribution in [2.45, 2.75) is 33.6 Å². The monoisotopic (exact) mass is 518 g/mol. The van der Waals surface area contributed by atoms with Gasteiger partial charge in [0.2, 0.25) is 5.01 Å². The van der Waals surface area contributed by atoms with Crippen LogP contribution in [0.2, 0.25) is 0 Å². The molecule has 0 unspecified atom stereocenters. The number of para-hydroxylation sites is 2. The van der Waals surface area contributed by atoms with Crippen molar-refractivity contribution < 1.29 is 4.57 Å². The number of hydrogen-bond acceptors (Lipinski definition) is 3. The van der Waals surface area contributed by atoms with Gasteiger partial charge in [-0.1, -0.05) is 68.5 Å². The molecular weight excluding hydrogens is 490 g/mol. The molecule has 0 amide bonds. The summed E-state index contributed by atoms with van der Waals surface area (Å²) in [6.07, 6.45) is 10.0. The van der Waals surface area contributed by atoms with Crippen LogP contribution in [0.1, 0.15) is 44.2 Å². The van der Waals surface area contributed by atoms with Crippen LogP contribution in [0.5, 0.6) is 0 Å². The predicted molar refractivity (Wildman–Crippen MR) is 146 cm³/mol. The quantitative estimate of drug-likeness (QED) is 0.247. The van der Waals surface area contributed by atoms with Gasteiger partial charge in [0.15, 0.2) is 0 Å². The van der Waals surface area contributed by atoms with Gasteiger partial charge in [-0.25, -0.2) is 4.57 Å². The third kappa shape index (κ3) is 4.66. The van der Waals surface area contributed by atoms with Crippen LogP contribution in [0.15, 0.2) is 83.1 Å². The molecule has 0 saturated heterocycles. The van der Waals surface area contributed by atoms with E-state index in [1.54, 1.807) is 11.3 Å². The first-order valence-corrected chi connectivity index (χ1v) is 12.6. The van der Waals surface area contributed by atoms with Crippen LogP contribution in [0.25, 0.3) is 22.0 Å². The number of nitrogens with zero attached hydrogens (tertiary/aromatic N) is 3. The third-order valence-corrected chi connectivity index (χ3v) is 7.09. The standard InChI is InChI=1S/C27H25BrN3S.CH4/c1-3-4-10-22-15-19(16-26-29-27-25(32-26)17-20(28)18-30(27)2)23-13-8-9-14-24(23)31(22)21-11-6-5-7-12-21;/h5-9,11-18H,3-4,10H2,1-2H3;1H4/q+1;. The molecule has 0 spiro atoms. The molecular formula is C28H29BrN3S+. The van der Waals surface area contributed by atoms with Gasteiger partial charge in [-0.3, -0.25) is 0 Å². The molecule has 0 bridgehead atoms. The normalized spacial score (nSPS) is 14.2. The first-order valence-electron chi connectivity index (χ1n) is 11.0. The Kier molecular flexibility index (Phi) is 7.11. The summed E-state index contributed by atoms with van der Waals surface area (Å²) in [6.45, 7) is 2.25. The highest BCUT2D eigenvalue weighted by Crippen LogP contribution is 2.43. The van der Waals surface area contributed by atoms with Crippen molar-refractivity contribution in [2.75, 3.05) is 4.90 Å². The number of pyridine rings is 1. The van der Waals surface area contributed by atoms with Gasteiger partial charge in [0.25, 0.3) is 0 Å². The number of rotatable bonds is 5. The zero-order valence-corrected chi connectivity index (χ0v) is 20.7. The highest BCUT2D eigenvalue weighted by Gasteiger charge is 2.24. The fourth-order valence-corrected chi connectivity index (χ4v) is 5.92. The summed E-state index contributed by atoms with van der Waals surface area (Å²) in [7, 11) is 2.04. The van der Waals surface area contributed by atoms with Crippen LogP contribution in [0.3, 0.4) is 0 Å². The smallest absolute Gasteiger partial charge is 0.314 e. The lowest BCUT2D eigenvalue weighted by Gasteiger charge is -2.34. The molecule has 0 N–H and O–H groups in total. The fourth-order valence-electron chi connectivity index (χ4n) is 4.22. The van der Waals surface area contributed by atoms with Crippen molar-refractivity contribution in [3.63, 3.8) is 0 Å². The Balaban J connectivity index is 0.00000259. The zero-order valence-electron chi connectivity index (χ0n) is 18.3. The summed E-state index contributed by atoms with van der Waals surface area (Å²) < 4.78 is 4.32. The molecule has 0 aliphatic carbocycles. The van der Waals surface area contributed by atoms with Gasteiger partial charge in [0, 0.05) is 23.0 Å². The third-order valence-electron chi connectivity index (χ3n) is 5.72. The minimum atomic E-state index is 0. The molecule has 168 valence electrons. The second-order valence-corrected chi connectivity index (χ2v) is 10.0. The lowest BCUT2D eigenvalue weighted by molar-refractivity contribution is -0.647. The van der Waals surface area contributed by atoms with Gasteiger partial charge in [-0.2, -0.15) is 0 Å². The van der Waals surface area contributed by atoms with Crippen molar-refractivity contribution in [2.24, 2.45) is 7.05 Å². The topological polar surface area (TPSA) is 20.0 Å². The number of aromatic nitrogens is 2. The van der Waals surface area contributed by atoms with Crippen molar-refractivity contribution in [3.8, 4) is 0 Å². The molecule has 5 heteroatoms. The average Bonchev–Trinajstić information content (AvgIpc) is 3.21. The molecule has 33 heavy (non-hydrogen) atoms. The predicted octanol–water partition coefficient (Wildman–Crippen LogP) is 8.29. The second kappa shape index (κ2) is 10.0. The molecule has 1 aliphatic rings. The molecule has 0 radical (unpaired) electrons. The fraction of sp³-hybridized carbons (Fsp3) is 0.214. The summed E-state index contributed by atoms with van der Waals surface area (Å²) in [4.78, 5) is 7.34. The van der Waals surface area contributed by atoms with E-state index >= 15 is 0 Å². The van der Waals surface area contributed by atoms with E-state index in [4.69, 9.17) is 4.98 Å². The first kappa shape index (κ1) is 23.4. The number of anilines is 2. The maximum atomic E-state index is 4.93. The summed E-state index contributed by atoms with van der Waals surface area (Å²) in [5.74, 6) is 0. The van der Waals surface area contributed by atoms with Gasteiger partial charge in [-0.15, -0.1) is 0 Å². The van der Waals surface area contributed by atoms with Crippen molar-refractivity contribution in [1.82, 2.24) is 4.98 Å². The summed E-state index contributed by atoms with van der Waals surface area (Å²) >= 11 is 5.33. The van der Waals surface area contributed by atoms with Crippen LogP contribution in [0, 0.1) is 0 Å². The number of aryl methyl sites for hydroxylation is 1. The minimum Gasteiger partial charge on any atom is -0.314 e. The summed E-state index contributed by atoms with van der Waals surface area (Å²) in [5.41, 5.74) is 7.24. The van der Waals surface area contributed by atoms with E-state index in [9.17, 15) is 0 Å². The Hall–Kier alpha value is -2.76. The molecule has 3 nitrogen and oxygen atoms in total. The van der Waals surface area contributed by atoms with E-state index in [0.29, 0.717) is 0 Å². The lowest BCUT2D eigenvalue weighted by Crippen LogP contribution is -2.28. The number of unbranched alkanes of at least 4 members (excludes halogenated alkanes) is 1. The molecule has 0 saturated carbocycles. The van der Waals surface area contributed by atoms with Crippen molar-refractivity contribution >= 4 is 60.6 Å². The van der Waals surface area contributed by atoms with E-state index in [2.05, 4.69) is 111 Å². The Morgan fingerprint density at radius 2 is 1.85 bits per heavy atom. The van der Waals surface area contributed by atoms with E-state index in [0.717, 1.165) is 28.0 Å². The number of allylic oxidation sites excluding steroid dienone is 3. The Bertz CT molecular complexity index is 1340. The number of hydrogen-bond donors (Lipinski definition) is 0. The van der Waals surface area contributed by atoms with Crippen LogP contribution in [-0.2, 0) is 7.05 Å². The average molecular weight is 520 g/mol. The van der Waals surface area contributed by atoms with Gasteiger partial charge in [0.1, 0.15) is 10.9 Å². The van der Waals surface area contributed by atoms with E-state index in [1.807, 2.05) is 7.05 Å². The summed E-state index contributed by atoms with van der Waals surface area (Å²) in [6, 6.07) is 21.5. The van der Waals surface area contributed by atoms with Crippen molar-refractivity contribution in [1.29, 1.82) is 0 Å². The van der Waals surface area contributed by atoms with Crippen LogP contribution in [0.4, 0.5) is 11.4 Å². The minimum absolute atomic E-state index is 0. The largest absolute Gasteiger partial charge is 0.342 e. The lowest BCUT2D eigenvalue weighted by atomic mass is 9.94. The molecule has 0 atom stereocenters.